The van der Waals surface area contributed by atoms with Crippen molar-refractivity contribution >= 4 is 0 Å². The Balaban J connectivity index is 1.10. The third-order valence-corrected chi connectivity index (χ3v) is 11.5. The van der Waals surface area contributed by atoms with E-state index in [0.29, 0.717) is 0 Å². The molecule has 0 saturated heterocycles. The van der Waals surface area contributed by atoms with E-state index in [1.54, 1.807) is 0 Å². The SMILES string of the molecule is CC(C)(Cc1cc(CCc2cnc(-c3ccccc3)cc2-c2ccccc2)cc(CC(C)(C)c2ccc(-c3ccccc3)nc2)c1)c1ccc(-c2ccccc2)nc1. The van der Waals surface area contributed by atoms with Gasteiger partial charge in [-0.1, -0.05) is 179 Å². The first-order chi connectivity index (χ1) is 28.2. The molecule has 8 rings (SSSR count). The van der Waals surface area contributed by atoms with E-state index in [0.717, 1.165) is 59.5 Å². The highest BCUT2D eigenvalue weighted by atomic mass is 14.7. The van der Waals surface area contributed by atoms with Crippen LogP contribution in [0.4, 0.5) is 0 Å². The highest BCUT2D eigenvalue weighted by molar-refractivity contribution is 5.73. The summed E-state index contributed by atoms with van der Waals surface area (Å²) in [7, 11) is 0. The fourth-order valence-corrected chi connectivity index (χ4v) is 8.18. The molecule has 0 radical (unpaired) electrons. The Morgan fingerprint density at radius 1 is 0.362 bits per heavy atom. The van der Waals surface area contributed by atoms with Crippen LogP contribution in [0.15, 0.2) is 188 Å². The van der Waals surface area contributed by atoms with Crippen LogP contribution in [0, 0.1) is 0 Å². The molecule has 286 valence electrons. The molecule has 0 amide bonds. The normalized spacial score (nSPS) is 11.7. The van der Waals surface area contributed by atoms with Gasteiger partial charge in [-0.25, -0.2) is 0 Å². The summed E-state index contributed by atoms with van der Waals surface area (Å²) in [5.74, 6) is 0. The Morgan fingerprint density at radius 3 is 1.19 bits per heavy atom. The van der Waals surface area contributed by atoms with Crippen molar-refractivity contribution in [2.75, 3.05) is 0 Å². The van der Waals surface area contributed by atoms with Gasteiger partial charge in [-0.2, -0.15) is 0 Å². The van der Waals surface area contributed by atoms with Crippen LogP contribution in [-0.2, 0) is 36.5 Å². The van der Waals surface area contributed by atoms with Gasteiger partial charge in [0.1, 0.15) is 0 Å². The van der Waals surface area contributed by atoms with Crippen LogP contribution in [0.25, 0.3) is 44.9 Å². The monoisotopic (exact) mass is 753 g/mol. The molecule has 3 heterocycles. The Hall–Kier alpha value is -6.45. The second kappa shape index (κ2) is 17.0. The van der Waals surface area contributed by atoms with Crippen molar-refractivity contribution in [3.05, 3.63) is 222 Å². The summed E-state index contributed by atoms with van der Waals surface area (Å²) < 4.78 is 0. The third-order valence-electron chi connectivity index (χ3n) is 11.5. The van der Waals surface area contributed by atoms with Crippen molar-refractivity contribution in [3.8, 4) is 44.9 Å². The molecule has 0 unspecified atom stereocenters. The predicted octanol–water partition coefficient (Wildman–Crippen LogP) is 13.4. The maximum absolute atomic E-state index is 4.99. The van der Waals surface area contributed by atoms with Crippen LogP contribution in [0.2, 0.25) is 0 Å². The molecule has 3 heteroatoms. The van der Waals surface area contributed by atoms with Gasteiger partial charge in [-0.05, 0) is 99.2 Å². The van der Waals surface area contributed by atoms with Crippen LogP contribution in [0.1, 0.15) is 61.1 Å². The van der Waals surface area contributed by atoms with Crippen LogP contribution >= 0.6 is 0 Å². The molecule has 0 fully saturated rings. The topological polar surface area (TPSA) is 38.7 Å². The minimum Gasteiger partial charge on any atom is -0.256 e. The van der Waals surface area contributed by atoms with E-state index in [9.17, 15) is 0 Å². The van der Waals surface area contributed by atoms with Crippen molar-refractivity contribution < 1.29 is 0 Å². The lowest BCUT2D eigenvalue weighted by molar-refractivity contribution is 0.512. The van der Waals surface area contributed by atoms with E-state index in [1.807, 2.05) is 12.1 Å². The number of hydrogen-bond acceptors (Lipinski definition) is 3. The van der Waals surface area contributed by atoms with E-state index >= 15 is 0 Å². The first-order valence-electron chi connectivity index (χ1n) is 20.5. The summed E-state index contributed by atoms with van der Waals surface area (Å²) in [5, 5.41) is 0. The average Bonchev–Trinajstić information content (AvgIpc) is 3.26. The molecule has 0 bridgehead atoms. The molecule has 0 saturated carbocycles. The maximum atomic E-state index is 4.99. The van der Waals surface area contributed by atoms with Crippen molar-refractivity contribution in [2.45, 2.75) is 64.2 Å². The van der Waals surface area contributed by atoms with Crippen molar-refractivity contribution in [1.82, 2.24) is 15.0 Å². The Bertz CT molecular complexity index is 2450. The predicted molar refractivity (Wildman–Crippen MR) is 242 cm³/mol. The summed E-state index contributed by atoms with van der Waals surface area (Å²) in [6.07, 6.45) is 9.83. The molecule has 58 heavy (non-hydrogen) atoms. The van der Waals surface area contributed by atoms with Crippen LogP contribution in [0.3, 0.4) is 0 Å². The highest BCUT2D eigenvalue weighted by Crippen LogP contribution is 2.34. The average molecular weight is 754 g/mol. The fourth-order valence-electron chi connectivity index (χ4n) is 8.18. The molecule has 0 aliphatic rings. The second-order valence-corrected chi connectivity index (χ2v) is 16.8. The highest BCUT2D eigenvalue weighted by Gasteiger charge is 2.25. The van der Waals surface area contributed by atoms with Crippen molar-refractivity contribution in [2.24, 2.45) is 0 Å². The number of hydrogen-bond donors (Lipinski definition) is 0. The minimum absolute atomic E-state index is 0.123. The lowest BCUT2D eigenvalue weighted by Gasteiger charge is -2.28. The van der Waals surface area contributed by atoms with Gasteiger partial charge >= 0.3 is 0 Å². The van der Waals surface area contributed by atoms with E-state index in [1.165, 1.54) is 44.5 Å². The summed E-state index contributed by atoms with van der Waals surface area (Å²) in [5.41, 5.74) is 16.4. The number of rotatable bonds is 13. The number of nitrogens with zero attached hydrogens (tertiary/aromatic N) is 3. The van der Waals surface area contributed by atoms with Gasteiger partial charge in [0.25, 0.3) is 0 Å². The number of aryl methyl sites for hydroxylation is 2. The summed E-state index contributed by atoms with van der Waals surface area (Å²) in [4.78, 5) is 14.8. The van der Waals surface area contributed by atoms with Gasteiger partial charge < -0.3 is 0 Å². The quantitative estimate of drug-likeness (QED) is 0.118. The summed E-state index contributed by atoms with van der Waals surface area (Å²) in [6.45, 7) is 9.37. The smallest absolute Gasteiger partial charge is 0.0708 e. The Labute approximate surface area is 344 Å². The maximum Gasteiger partial charge on any atom is 0.0708 e. The molecule has 0 spiro atoms. The summed E-state index contributed by atoms with van der Waals surface area (Å²) in [6, 6.07) is 60.5. The molecule has 0 aliphatic heterocycles. The first-order valence-corrected chi connectivity index (χ1v) is 20.5. The van der Waals surface area contributed by atoms with Crippen LogP contribution in [-0.4, -0.2) is 15.0 Å². The van der Waals surface area contributed by atoms with Crippen LogP contribution < -0.4 is 0 Å². The van der Waals surface area contributed by atoms with Gasteiger partial charge in [-0.3, -0.25) is 15.0 Å². The van der Waals surface area contributed by atoms with E-state index < -0.39 is 0 Å². The third kappa shape index (κ3) is 9.06. The molecular formula is C55H51N3. The Kier molecular flexibility index (Phi) is 11.2. The zero-order valence-corrected chi connectivity index (χ0v) is 34.1. The number of aromatic nitrogens is 3. The zero-order chi connectivity index (χ0) is 40.0. The molecule has 8 aromatic rings. The number of pyridine rings is 3. The van der Waals surface area contributed by atoms with E-state index in [4.69, 9.17) is 15.0 Å². The second-order valence-electron chi connectivity index (χ2n) is 16.8. The molecule has 5 aromatic carbocycles. The molecule has 0 N–H and O–H groups in total. The van der Waals surface area contributed by atoms with Gasteiger partial charge in [0.2, 0.25) is 0 Å². The molecule has 0 aliphatic carbocycles. The lowest BCUT2D eigenvalue weighted by Crippen LogP contribution is -2.23. The molecule has 0 atom stereocenters. The van der Waals surface area contributed by atoms with Gasteiger partial charge in [0.05, 0.1) is 17.1 Å². The minimum atomic E-state index is -0.123. The van der Waals surface area contributed by atoms with Gasteiger partial charge in [0.15, 0.2) is 0 Å². The standard InChI is InChI=1S/C55H51N3/c1-54(2,48-27-29-51(57-38-48)44-19-11-6-12-20-44)35-41-31-40(32-42(33-41)36-55(3,4)49-28-30-52(58-39-49)45-21-13-7-14-22-45)25-26-47-37-56-53(46-23-15-8-16-24-46)34-50(47)43-17-9-5-10-18-43/h5-24,27-34,37-39H,25-26,35-36H2,1-4H3. The fraction of sp³-hybridized carbons (Fsp3) is 0.182. The van der Waals surface area contributed by atoms with Gasteiger partial charge in [0, 0.05) is 35.3 Å². The van der Waals surface area contributed by atoms with Crippen molar-refractivity contribution in [3.63, 3.8) is 0 Å². The summed E-state index contributed by atoms with van der Waals surface area (Å²) >= 11 is 0. The molecule has 3 aromatic heterocycles. The van der Waals surface area contributed by atoms with Gasteiger partial charge in [-0.15, -0.1) is 0 Å². The van der Waals surface area contributed by atoms with E-state index in [2.05, 4.69) is 204 Å². The zero-order valence-electron chi connectivity index (χ0n) is 34.1. The molecule has 3 nitrogen and oxygen atoms in total. The largest absolute Gasteiger partial charge is 0.256 e. The molecular weight excluding hydrogens is 703 g/mol. The van der Waals surface area contributed by atoms with Crippen LogP contribution in [0.5, 0.6) is 0 Å². The van der Waals surface area contributed by atoms with Crippen molar-refractivity contribution in [1.29, 1.82) is 0 Å². The van der Waals surface area contributed by atoms with E-state index in [-0.39, 0.29) is 10.8 Å². The first kappa shape index (κ1) is 38.4. The Morgan fingerprint density at radius 2 is 0.759 bits per heavy atom. The number of benzene rings is 5. The lowest BCUT2D eigenvalue weighted by atomic mass is 9.77.